The van der Waals surface area contributed by atoms with Crippen molar-refractivity contribution in [3.63, 3.8) is 0 Å². The monoisotopic (exact) mass is 712 g/mol. The maximum atomic E-state index is 14.9. The van der Waals surface area contributed by atoms with Gasteiger partial charge in [-0.05, 0) is 30.0 Å². The number of fused-ring (bicyclic) bond motifs is 3. The van der Waals surface area contributed by atoms with Crippen LogP contribution < -0.4 is 5.32 Å². The molecule has 14 heteroatoms. The highest BCUT2D eigenvalue weighted by Crippen LogP contribution is 2.54. The molecule has 274 valence electrons. The van der Waals surface area contributed by atoms with Crippen molar-refractivity contribution >= 4 is 34.7 Å². The van der Waals surface area contributed by atoms with Crippen molar-refractivity contribution in [2.45, 2.75) is 69.3 Å². The summed E-state index contributed by atoms with van der Waals surface area (Å²) in [7, 11) is 1.50. The highest BCUT2D eigenvalue weighted by atomic mass is 16.6. The lowest BCUT2D eigenvalue weighted by Gasteiger charge is -2.39. The highest BCUT2D eigenvalue weighted by Gasteiger charge is 2.72. The number of aliphatic hydroxyl groups is 1. The number of amides is 3. The normalized spacial score (nSPS) is 30.6. The Morgan fingerprint density at radius 3 is 2.56 bits per heavy atom. The zero-order chi connectivity index (χ0) is 36.6. The van der Waals surface area contributed by atoms with E-state index in [4.69, 9.17) is 14.2 Å². The summed E-state index contributed by atoms with van der Waals surface area (Å²) in [5, 5.41) is 22.2. The molecule has 1 aromatic heterocycles. The van der Waals surface area contributed by atoms with E-state index in [1.54, 1.807) is 46.0 Å². The maximum Gasteiger partial charge on any atom is 0.313 e. The first-order valence-electron chi connectivity index (χ1n) is 17.7. The summed E-state index contributed by atoms with van der Waals surface area (Å²) in [6.45, 7) is 3.62. The molecule has 2 N–H and O–H groups in total. The molecule has 3 amide bonds. The summed E-state index contributed by atoms with van der Waals surface area (Å²) < 4.78 is 20.3. The SMILES string of the molecule is COC[C@H]1NC(=O)CC/C=C\[C@H]2O[C@]34C=CCN(Cn5nnc6ccccc65)C(=O)[C@H]3N([C@@H](CO)C(C)C)C(=O)[C@@H]4[C@H]2C(=O)O[C@@H]1c1ccccc1. The lowest BCUT2D eigenvalue weighted by atomic mass is 9.77. The number of carbonyl (C=O) groups is 4. The van der Waals surface area contributed by atoms with Gasteiger partial charge in [0.2, 0.25) is 11.8 Å². The van der Waals surface area contributed by atoms with Crippen LogP contribution in [0.1, 0.15) is 38.4 Å². The number of likely N-dealkylation sites (tertiary alicyclic amines) is 1. The van der Waals surface area contributed by atoms with E-state index in [0.29, 0.717) is 17.5 Å². The number of allylic oxidation sites excluding steroid dienone is 1. The molecule has 0 bridgehead atoms. The molecule has 4 aliphatic rings. The number of para-hydroxylation sites is 1. The van der Waals surface area contributed by atoms with Crippen LogP contribution in [0.3, 0.4) is 0 Å². The summed E-state index contributed by atoms with van der Waals surface area (Å²) in [6, 6.07) is 13.8. The van der Waals surface area contributed by atoms with Gasteiger partial charge in [-0.15, -0.1) is 5.10 Å². The molecule has 0 radical (unpaired) electrons. The van der Waals surface area contributed by atoms with Crippen molar-refractivity contribution in [1.29, 1.82) is 0 Å². The van der Waals surface area contributed by atoms with Gasteiger partial charge in [0.25, 0.3) is 5.91 Å². The van der Waals surface area contributed by atoms with Crippen LogP contribution in [0.5, 0.6) is 0 Å². The number of ether oxygens (including phenoxy) is 3. The molecule has 0 aliphatic carbocycles. The van der Waals surface area contributed by atoms with Crippen molar-refractivity contribution in [3.05, 3.63) is 84.5 Å². The number of hydrogen-bond donors (Lipinski definition) is 2. The average molecular weight is 713 g/mol. The van der Waals surface area contributed by atoms with E-state index < -0.39 is 72.2 Å². The van der Waals surface area contributed by atoms with Crippen LogP contribution in [0.25, 0.3) is 11.0 Å². The van der Waals surface area contributed by atoms with Crippen LogP contribution in [0.15, 0.2) is 78.9 Å². The molecule has 1 spiro atoms. The van der Waals surface area contributed by atoms with Gasteiger partial charge in [0.15, 0.2) is 0 Å². The molecule has 14 nitrogen and oxygen atoms in total. The van der Waals surface area contributed by atoms with Gasteiger partial charge in [0, 0.05) is 20.1 Å². The Balaban J connectivity index is 1.31. The molecular weight excluding hydrogens is 668 g/mol. The minimum absolute atomic E-state index is 0.0455. The maximum absolute atomic E-state index is 14.9. The molecule has 4 aliphatic heterocycles. The van der Waals surface area contributed by atoms with E-state index in [1.807, 2.05) is 56.3 Å². The fourth-order valence-electron chi connectivity index (χ4n) is 8.16. The third-order valence-corrected chi connectivity index (χ3v) is 10.6. The fourth-order valence-corrected chi connectivity index (χ4v) is 8.16. The second-order valence-electron chi connectivity index (χ2n) is 14.1. The average Bonchev–Trinajstić information content (AvgIpc) is 3.73. The lowest BCUT2D eigenvalue weighted by molar-refractivity contribution is -0.163. The molecule has 52 heavy (non-hydrogen) atoms. The largest absolute Gasteiger partial charge is 0.455 e. The summed E-state index contributed by atoms with van der Waals surface area (Å²) in [5.74, 6) is -4.40. The summed E-state index contributed by atoms with van der Waals surface area (Å²) >= 11 is 0. The first-order chi connectivity index (χ1) is 25.2. The topological polar surface area (TPSA) is 165 Å². The number of nitrogens with zero attached hydrogens (tertiary/aromatic N) is 5. The van der Waals surface area contributed by atoms with Gasteiger partial charge in [-0.2, -0.15) is 0 Å². The molecule has 7 rings (SSSR count). The van der Waals surface area contributed by atoms with Crippen molar-refractivity contribution in [2.24, 2.45) is 17.8 Å². The second kappa shape index (κ2) is 14.6. The first kappa shape index (κ1) is 35.5. The van der Waals surface area contributed by atoms with Crippen LogP contribution in [0, 0.1) is 17.8 Å². The summed E-state index contributed by atoms with van der Waals surface area (Å²) in [6.07, 6.45) is 5.57. The van der Waals surface area contributed by atoms with E-state index in [-0.39, 0.29) is 38.1 Å². The fraction of sp³-hybridized carbons (Fsp3) is 0.474. The van der Waals surface area contributed by atoms with E-state index >= 15 is 0 Å². The zero-order valence-electron chi connectivity index (χ0n) is 29.4. The molecule has 3 aromatic rings. The highest BCUT2D eigenvalue weighted by molar-refractivity contribution is 5.99. The number of benzene rings is 2. The van der Waals surface area contributed by atoms with Gasteiger partial charge in [-0.3, -0.25) is 19.2 Å². The van der Waals surface area contributed by atoms with E-state index in [2.05, 4.69) is 15.6 Å². The molecule has 0 saturated carbocycles. The smallest absolute Gasteiger partial charge is 0.313 e. The van der Waals surface area contributed by atoms with E-state index in [1.165, 1.54) is 12.0 Å². The van der Waals surface area contributed by atoms with Gasteiger partial charge in [-0.25, -0.2) is 4.68 Å². The van der Waals surface area contributed by atoms with Crippen LogP contribution >= 0.6 is 0 Å². The molecule has 5 heterocycles. The minimum atomic E-state index is -1.57. The Morgan fingerprint density at radius 2 is 1.81 bits per heavy atom. The van der Waals surface area contributed by atoms with Crippen LogP contribution in [0.4, 0.5) is 0 Å². The Hall–Kier alpha value is -4.92. The number of cyclic esters (lactones) is 1. The molecule has 2 fully saturated rings. The Labute approximate surface area is 301 Å². The Morgan fingerprint density at radius 1 is 1.04 bits per heavy atom. The number of carbonyl (C=O) groups excluding carboxylic acids is 4. The first-order valence-corrected chi connectivity index (χ1v) is 17.7. The van der Waals surface area contributed by atoms with Gasteiger partial charge in [0.05, 0.1) is 42.8 Å². The third-order valence-electron chi connectivity index (χ3n) is 10.6. The van der Waals surface area contributed by atoms with Gasteiger partial charge >= 0.3 is 5.97 Å². The number of aromatic nitrogens is 3. The molecule has 2 aromatic carbocycles. The second-order valence-corrected chi connectivity index (χ2v) is 14.1. The Bertz CT molecular complexity index is 1880. The van der Waals surface area contributed by atoms with Crippen molar-refractivity contribution in [3.8, 4) is 0 Å². The number of nitrogens with one attached hydrogen (secondary N) is 1. The number of hydrogen-bond acceptors (Lipinski definition) is 10. The molecule has 8 atom stereocenters. The van der Waals surface area contributed by atoms with Crippen LogP contribution in [-0.4, -0.2) is 110 Å². The molecule has 2 saturated heterocycles. The number of rotatable bonds is 8. The Kier molecular flexibility index (Phi) is 9.96. The molecular formula is C38H44N6O8. The van der Waals surface area contributed by atoms with Crippen molar-refractivity contribution < 1.29 is 38.5 Å². The summed E-state index contributed by atoms with van der Waals surface area (Å²) in [4.78, 5) is 60.6. The predicted molar refractivity (Wildman–Crippen MR) is 187 cm³/mol. The number of aliphatic hydroxyl groups excluding tert-OH is 1. The number of esters is 1. The van der Waals surface area contributed by atoms with E-state index in [0.717, 1.165) is 5.52 Å². The van der Waals surface area contributed by atoms with Crippen LogP contribution in [-0.2, 0) is 40.1 Å². The minimum Gasteiger partial charge on any atom is -0.455 e. The standard InChI is InChI=1S/C38H44N6O8/c1-23(2)28(20-45)44-34-36(48)42(22-43-27-15-8-7-14-25(27)40-41-43)19-11-18-38(34)32(35(44)47)31-29(52-38)16-9-10-17-30(46)39-26(21-50-3)33(51-37(31)49)24-12-5-4-6-13-24/h4-9,11-16,18,23,26,28-29,31-34,45H,10,17,19-22H2,1-3H3,(H,39,46)/b16-9-/t26-,28+,29-,31+,32+,33-,34-,38+/m1/s1. The van der Waals surface area contributed by atoms with E-state index in [9.17, 15) is 24.3 Å². The van der Waals surface area contributed by atoms with Gasteiger partial charge in [0.1, 0.15) is 35.9 Å². The van der Waals surface area contributed by atoms with Gasteiger partial charge < -0.3 is 34.4 Å². The summed E-state index contributed by atoms with van der Waals surface area (Å²) in [5.41, 5.74) is 0.471. The lowest BCUT2D eigenvalue weighted by Crippen LogP contribution is -2.59. The predicted octanol–water partition coefficient (Wildman–Crippen LogP) is 2.15. The zero-order valence-corrected chi connectivity index (χ0v) is 29.4. The number of methoxy groups -OCH3 is 1. The van der Waals surface area contributed by atoms with Gasteiger partial charge in [-0.1, -0.05) is 85.8 Å². The quantitative estimate of drug-likeness (QED) is 0.261. The third kappa shape index (κ3) is 6.18. The molecule has 0 unspecified atom stereocenters. The van der Waals surface area contributed by atoms with Crippen LogP contribution in [0.2, 0.25) is 0 Å². The van der Waals surface area contributed by atoms with Crippen molar-refractivity contribution in [1.82, 2.24) is 30.1 Å². The van der Waals surface area contributed by atoms with Crippen molar-refractivity contribution in [2.75, 3.05) is 26.9 Å².